The van der Waals surface area contributed by atoms with Crippen molar-refractivity contribution in [3.8, 4) is 0 Å². The Morgan fingerprint density at radius 3 is 2.59 bits per heavy atom. The summed E-state index contributed by atoms with van der Waals surface area (Å²) in [6.07, 6.45) is 2.48. The van der Waals surface area contributed by atoms with Crippen LogP contribution in [-0.2, 0) is 9.53 Å². The number of carbonyl (C=O) groups is 2. The first-order valence-electron chi connectivity index (χ1n) is 14.9. The van der Waals surface area contributed by atoms with Crippen molar-refractivity contribution in [3.05, 3.63) is 82.9 Å². The Balaban J connectivity index is 1.26. The Morgan fingerprint density at radius 2 is 1.80 bits per heavy atom. The fraction of sp³-hybridized carbons (Fsp3) is 0.455. The highest BCUT2D eigenvalue weighted by Crippen LogP contribution is 2.23. The number of hydrogen-bond donors (Lipinski definition) is 2. The van der Waals surface area contributed by atoms with Crippen molar-refractivity contribution < 1.29 is 14.3 Å². The summed E-state index contributed by atoms with van der Waals surface area (Å²) >= 11 is 6.11. The molecule has 0 radical (unpaired) electrons. The van der Waals surface area contributed by atoms with E-state index >= 15 is 0 Å². The number of nitrogens with one attached hydrogen (secondary N) is 2. The van der Waals surface area contributed by atoms with Gasteiger partial charge < -0.3 is 20.3 Å². The zero-order valence-corrected chi connectivity index (χ0v) is 24.6. The maximum atomic E-state index is 13.9. The third kappa shape index (κ3) is 7.86. The fourth-order valence-electron chi connectivity index (χ4n) is 5.90. The van der Waals surface area contributed by atoms with Crippen molar-refractivity contribution in [2.45, 2.75) is 44.2 Å². The van der Waals surface area contributed by atoms with Crippen LogP contribution >= 0.6 is 11.6 Å². The molecule has 2 aliphatic rings. The van der Waals surface area contributed by atoms with Crippen LogP contribution in [0.15, 0.2) is 66.7 Å². The molecule has 0 aliphatic carbocycles. The second-order valence-electron chi connectivity index (χ2n) is 11.2. The van der Waals surface area contributed by atoms with E-state index in [1.165, 1.54) is 5.56 Å². The highest BCUT2D eigenvalue weighted by atomic mass is 35.5. The van der Waals surface area contributed by atoms with Gasteiger partial charge in [0.05, 0.1) is 19.3 Å². The Hall–Kier alpha value is -2.97. The molecular weight excluding hydrogens is 536 g/mol. The van der Waals surface area contributed by atoms with Crippen molar-refractivity contribution in [2.75, 3.05) is 52.5 Å². The number of halogens is 1. The van der Waals surface area contributed by atoms with E-state index in [0.717, 1.165) is 62.9 Å². The predicted molar refractivity (Wildman–Crippen MR) is 165 cm³/mol. The van der Waals surface area contributed by atoms with Gasteiger partial charge in [-0.25, -0.2) is 0 Å². The second-order valence-corrected chi connectivity index (χ2v) is 11.6. The van der Waals surface area contributed by atoms with Crippen LogP contribution in [0, 0.1) is 0 Å². The summed E-state index contributed by atoms with van der Waals surface area (Å²) in [6.45, 7) is 8.14. The van der Waals surface area contributed by atoms with Gasteiger partial charge in [0.1, 0.15) is 0 Å². The highest BCUT2D eigenvalue weighted by Gasteiger charge is 2.32. The molecule has 0 spiro atoms. The zero-order chi connectivity index (χ0) is 28.6. The van der Waals surface area contributed by atoms with Crippen LogP contribution < -0.4 is 10.6 Å². The fourth-order valence-corrected chi connectivity index (χ4v) is 6.08. The minimum absolute atomic E-state index is 0.00125. The van der Waals surface area contributed by atoms with E-state index in [4.69, 9.17) is 16.3 Å². The lowest BCUT2D eigenvalue weighted by atomic mass is 9.95. The lowest BCUT2D eigenvalue weighted by Gasteiger charge is -2.31. The van der Waals surface area contributed by atoms with Crippen molar-refractivity contribution in [2.24, 2.45) is 0 Å². The summed E-state index contributed by atoms with van der Waals surface area (Å²) < 4.78 is 5.51. The number of morpholine rings is 1. The zero-order valence-electron chi connectivity index (χ0n) is 23.9. The molecule has 2 heterocycles. The molecule has 2 saturated heterocycles. The monoisotopic (exact) mass is 576 g/mol. The molecule has 3 aromatic rings. The molecule has 3 aromatic carbocycles. The maximum absolute atomic E-state index is 13.9. The standard InChI is InChI=1S/C33H41ClN4O3/c1-2-24(25-6-4-3-5-7-25)23-38-15-12-30(36-31(33(38)40)13-14-37-16-18-41-19-17-37)22-35-32(39)28-9-8-27-21-29(34)11-10-26(27)20-28/h3-11,20-21,24,30-31,36H,2,12-19,22-23H2,1H3,(H,35,39)/t24-,30+,31+/m0/s1. The van der Waals surface area contributed by atoms with E-state index in [0.29, 0.717) is 36.1 Å². The molecule has 3 atom stereocenters. The molecule has 2 amide bonds. The maximum Gasteiger partial charge on any atom is 0.251 e. The van der Waals surface area contributed by atoms with Gasteiger partial charge in [-0.15, -0.1) is 0 Å². The predicted octanol–water partition coefficient (Wildman–Crippen LogP) is 4.70. The average molecular weight is 577 g/mol. The van der Waals surface area contributed by atoms with Gasteiger partial charge in [0.25, 0.3) is 5.91 Å². The summed E-state index contributed by atoms with van der Waals surface area (Å²) in [5.41, 5.74) is 1.88. The normalized spacial score (nSPS) is 21.0. The number of nitrogens with zero attached hydrogens (tertiary/aromatic N) is 2. The Kier molecular flexibility index (Phi) is 10.3. The first-order valence-corrected chi connectivity index (χ1v) is 15.3. The van der Waals surface area contributed by atoms with Gasteiger partial charge in [0.15, 0.2) is 0 Å². The average Bonchev–Trinajstić information content (AvgIpc) is 3.16. The Labute approximate surface area is 248 Å². The van der Waals surface area contributed by atoms with Crippen molar-refractivity contribution in [3.63, 3.8) is 0 Å². The smallest absolute Gasteiger partial charge is 0.251 e. The molecule has 2 fully saturated rings. The van der Waals surface area contributed by atoms with Crippen LogP contribution in [-0.4, -0.2) is 86.2 Å². The molecular formula is C33H41ClN4O3. The second kappa shape index (κ2) is 14.3. The largest absolute Gasteiger partial charge is 0.379 e. The molecule has 218 valence electrons. The molecule has 5 rings (SSSR count). The molecule has 0 unspecified atom stereocenters. The number of benzene rings is 3. The number of hydrogen-bond acceptors (Lipinski definition) is 5. The van der Waals surface area contributed by atoms with E-state index in [9.17, 15) is 9.59 Å². The van der Waals surface area contributed by atoms with Crippen LogP contribution in [0.4, 0.5) is 0 Å². The molecule has 8 heteroatoms. The van der Waals surface area contributed by atoms with Crippen molar-refractivity contribution >= 4 is 34.2 Å². The third-order valence-corrected chi connectivity index (χ3v) is 8.64. The number of amides is 2. The summed E-state index contributed by atoms with van der Waals surface area (Å²) in [5, 5.41) is 9.41. The Morgan fingerprint density at radius 1 is 1.05 bits per heavy atom. The summed E-state index contributed by atoms with van der Waals surface area (Å²) in [4.78, 5) is 31.4. The lowest BCUT2D eigenvalue weighted by Crippen LogP contribution is -2.50. The van der Waals surface area contributed by atoms with Gasteiger partial charge in [0.2, 0.25) is 5.91 Å². The molecule has 2 aliphatic heterocycles. The van der Waals surface area contributed by atoms with Gasteiger partial charge in [-0.05, 0) is 59.9 Å². The van der Waals surface area contributed by atoms with Gasteiger partial charge in [0, 0.05) is 61.8 Å². The van der Waals surface area contributed by atoms with Gasteiger partial charge in [-0.1, -0.05) is 61.0 Å². The lowest BCUT2D eigenvalue weighted by molar-refractivity contribution is -0.133. The Bertz CT molecular complexity index is 1310. The van der Waals surface area contributed by atoms with Crippen LogP contribution in [0.5, 0.6) is 0 Å². The van der Waals surface area contributed by atoms with E-state index < -0.39 is 0 Å². The summed E-state index contributed by atoms with van der Waals surface area (Å²) in [5.74, 6) is 0.338. The molecule has 41 heavy (non-hydrogen) atoms. The molecule has 0 aromatic heterocycles. The quantitative estimate of drug-likeness (QED) is 0.366. The van der Waals surface area contributed by atoms with Gasteiger partial charge in [-0.2, -0.15) is 0 Å². The minimum atomic E-state index is -0.291. The van der Waals surface area contributed by atoms with Crippen molar-refractivity contribution in [1.82, 2.24) is 20.4 Å². The van der Waals surface area contributed by atoms with E-state index in [2.05, 4.69) is 51.6 Å². The topological polar surface area (TPSA) is 73.9 Å². The SMILES string of the molecule is CC[C@@H](CN1CC[C@H](CNC(=O)c2ccc3cc(Cl)ccc3c2)N[C@H](CCN2CCOCC2)C1=O)c1ccccc1. The third-order valence-electron chi connectivity index (χ3n) is 8.41. The number of carbonyl (C=O) groups excluding carboxylic acids is 2. The van der Waals surface area contributed by atoms with Crippen LogP contribution in [0.1, 0.15) is 48.0 Å². The first-order chi connectivity index (χ1) is 20.0. The van der Waals surface area contributed by atoms with Gasteiger partial charge in [-0.3, -0.25) is 14.5 Å². The van der Waals surface area contributed by atoms with Crippen LogP contribution in [0.25, 0.3) is 10.8 Å². The number of fused-ring (bicyclic) bond motifs is 1. The number of ether oxygens (including phenoxy) is 1. The summed E-state index contributed by atoms with van der Waals surface area (Å²) in [7, 11) is 0. The van der Waals surface area contributed by atoms with E-state index in [1.54, 1.807) is 0 Å². The van der Waals surface area contributed by atoms with Crippen LogP contribution in [0.2, 0.25) is 5.02 Å². The molecule has 0 bridgehead atoms. The van der Waals surface area contributed by atoms with E-state index in [1.807, 2.05) is 42.5 Å². The van der Waals surface area contributed by atoms with E-state index in [-0.39, 0.29) is 23.9 Å². The molecule has 0 saturated carbocycles. The molecule has 2 N–H and O–H groups in total. The number of rotatable bonds is 10. The first kappa shape index (κ1) is 29.5. The minimum Gasteiger partial charge on any atom is -0.379 e. The highest BCUT2D eigenvalue weighted by molar-refractivity contribution is 6.31. The van der Waals surface area contributed by atoms with Crippen LogP contribution in [0.3, 0.4) is 0 Å². The van der Waals surface area contributed by atoms with Gasteiger partial charge >= 0.3 is 0 Å². The van der Waals surface area contributed by atoms with Crippen molar-refractivity contribution in [1.29, 1.82) is 0 Å². The summed E-state index contributed by atoms with van der Waals surface area (Å²) in [6, 6.07) is 21.5. The molecule has 7 nitrogen and oxygen atoms in total.